The summed E-state index contributed by atoms with van der Waals surface area (Å²) in [4.78, 5) is 32.3. The lowest BCUT2D eigenvalue weighted by atomic mass is 9.94. The Bertz CT molecular complexity index is 949. The SMILES string of the molecule is CC(C)(C)OC(=O)N1CCC(C)(N2CCC(n3c(=O)[nH]c4ccccc43)CC2)C1. The number of ether oxygens (including phenoxy) is 1. The smallest absolute Gasteiger partial charge is 0.410 e. The number of aromatic amines is 1. The number of rotatable bonds is 2. The minimum absolute atomic E-state index is 0.0205. The van der Waals surface area contributed by atoms with Gasteiger partial charge < -0.3 is 14.6 Å². The van der Waals surface area contributed by atoms with Crippen LogP contribution in [0.3, 0.4) is 0 Å². The molecule has 0 bridgehead atoms. The Morgan fingerprint density at radius 2 is 1.86 bits per heavy atom. The van der Waals surface area contributed by atoms with E-state index in [0.717, 1.165) is 49.9 Å². The zero-order chi connectivity index (χ0) is 20.8. The van der Waals surface area contributed by atoms with E-state index < -0.39 is 5.60 Å². The molecule has 2 fully saturated rings. The van der Waals surface area contributed by atoms with E-state index in [9.17, 15) is 9.59 Å². The molecule has 1 unspecified atom stereocenters. The molecule has 1 aromatic heterocycles. The molecule has 7 heteroatoms. The Hall–Kier alpha value is -2.28. The molecule has 2 aliphatic rings. The molecule has 1 atom stereocenters. The number of nitrogens with one attached hydrogen (secondary N) is 1. The van der Waals surface area contributed by atoms with Gasteiger partial charge in [-0.25, -0.2) is 9.59 Å². The van der Waals surface area contributed by atoms with Crippen molar-refractivity contribution in [2.75, 3.05) is 26.2 Å². The third-order valence-electron chi connectivity index (χ3n) is 6.32. The Morgan fingerprint density at radius 3 is 2.55 bits per heavy atom. The molecule has 3 heterocycles. The number of fused-ring (bicyclic) bond motifs is 1. The first kappa shape index (κ1) is 20.0. The second-order valence-electron chi connectivity index (χ2n) is 9.68. The summed E-state index contributed by atoms with van der Waals surface area (Å²) in [5.74, 6) is 0. The molecular formula is C22H32N4O3. The summed E-state index contributed by atoms with van der Waals surface area (Å²) in [6.07, 6.45) is 2.60. The molecule has 1 N–H and O–H groups in total. The van der Waals surface area contributed by atoms with Gasteiger partial charge in [0.25, 0.3) is 0 Å². The van der Waals surface area contributed by atoms with Crippen LogP contribution in [-0.2, 0) is 4.74 Å². The maximum absolute atomic E-state index is 12.5. The van der Waals surface area contributed by atoms with Crippen LogP contribution in [0.4, 0.5) is 4.79 Å². The Balaban J connectivity index is 1.41. The number of nitrogens with zero attached hydrogens (tertiary/aromatic N) is 3. The molecule has 158 valence electrons. The summed E-state index contributed by atoms with van der Waals surface area (Å²) < 4.78 is 7.48. The maximum Gasteiger partial charge on any atom is 0.410 e. The number of imidazole rings is 1. The zero-order valence-electron chi connectivity index (χ0n) is 17.9. The minimum atomic E-state index is -0.471. The Labute approximate surface area is 171 Å². The predicted octanol–water partition coefficient (Wildman–Crippen LogP) is 3.37. The number of benzene rings is 1. The van der Waals surface area contributed by atoms with Crippen molar-refractivity contribution in [2.45, 2.75) is 64.1 Å². The second-order valence-corrected chi connectivity index (χ2v) is 9.68. The first-order valence-electron chi connectivity index (χ1n) is 10.6. The molecule has 1 amide bonds. The number of hydrogen-bond acceptors (Lipinski definition) is 4. The van der Waals surface area contributed by atoms with E-state index in [2.05, 4.69) is 16.8 Å². The summed E-state index contributed by atoms with van der Waals surface area (Å²) in [5, 5.41) is 0. The molecule has 29 heavy (non-hydrogen) atoms. The number of aromatic nitrogens is 2. The van der Waals surface area contributed by atoms with Crippen LogP contribution in [-0.4, -0.2) is 62.8 Å². The molecular weight excluding hydrogens is 368 g/mol. The highest BCUT2D eigenvalue weighted by molar-refractivity contribution is 5.75. The third kappa shape index (κ3) is 3.92. The van der Waals surface area contributed by atoms with Crippen molar-refractivity contribution in [1.29, 1.82) is 0 Å². The molecule has 4 rings (SSSR count). The maximum atomic E-state index is 12.5. The van der Waals surface area contributed by atoms with Gasteiger partial charge in [-0.2, -0.15) is 0 Å². The monoisotopic (exact) mass is 400 g/mol. The standard InChI is InChI=1S/C22H32N4O3/c1-21(2,3)29-20(28)24-14-11-22(4,15-24)25-12-9-16(10-13-25)26-18-8-6-5-7-17(18)23-19(26)27/h5-8,16H,9-15H2,1-4H3,(H,23,27). The fourth-order valence-electron chi connectivity index (χ4n) is 4.79. The molecule has 7 nitrogen and oxygen atoms in total. The molecule has 2 aliphatic heterocycles. The van der Waals surface area contributed by atoms with Gasteiger partial charge in [0, 0.05) is 37.8 Å². The zero-order valence-corrected chi connectivity index (χ0v) is 17.9. The highest BCUT2D eigenvalue weighted by atomic mass is 16.6. The van der Waals surface area contributed by atoms with Gasteiger partial charge in [0.05, 0.1) is 11.0 Å². The molecule has 2 aromatic rings. The van der Waals surface area contributed by atoms with Crippen molar-refractivity contribution in [3.05, 3.63) is 34.7 Å². The van der Waals surface area contributed by atoms with Crippen molar-refractivity contribution in [2.24, 2.45) is 0 Å². The third-order valence-corrected chi connectivity index (χ3v) is 6.32. The van der Waals surface area contributed by atoms with Crippen molar-refractivity contribution < 1.29 is 9.53 Å². The van der Waals surface area contributed by atoms with Crippen LogP contribution in [0.1, 0.15) is 53.0 Å². The molecule has 0 radical (unpaired) electrons. The number of carbonyl (C=O) groups is 1. The number of piperidine rings is 1. The van der Waals surface area contributed by atoms with E-state index in [1.54, 1.807) is 0 Å². The quantitative estimate of drug-likeness (QED) is 0.839. The van der Waals surface area contributed by atoms with Crippen molar-refractivity contribution >= 4 is 17.1 Å². The summed E-state index contributed by atoms with van der Waals surface area (Å²) in [5.41, 5.74) is 1.36. The topological polar surface area (TPSA) is 70.6 Å². The fourth-order valence-corrected chi connectivity index (χ4v) is 4.79. The number of carbonyl (C=O) groups excluding carboxylic acids is 1. The lowest BCUT2D eigenvalue weighted by Crippen LogP contribution is -2.52. The van der Waals surface area contributed by atoms with Crippen molar-refractivity contribution in [3.8, 4) is 0 Å². The van der Waals surface area contributed by atoms with Crippen LogP contribution in [0.15, 0.2) is 29.1 Å². The molecule has 0 spiro atoms. The first-order chi connectivity index (χ1) is 13.7. The van der Waals surface area contributed by atoms with Crippen molar-refractivity contribution in [1.82, 2.24) is 19.4 Å². The van der Waals surface area contributed by atoms with E-state index in [1.165, 1.54) is 0 Å². The van der Waals surface area contributed by atoms with Crippen LogP contribution >= 0.6 is 0 Å². The van der Waals surface area contributed by atoms with E-state index in [0.29, 0.717) is 6.54 Å². The minimum Gasteiger partial charge on any atom is -0.444 e. The number of para-hydroxylation sites is 2. The van der Waals surface area contributed by atoms with Gasteiger partial charge in [0.1, 0.15) is 5.60 Å². The second kappa shape index (κ2) is 7.20. The van der Waals surface area contributed by atoms with E-state index >= 15 is 0 Å². The normalized spacial score (nSPS) is 24.3. The Kier molecular flexibility index (Phi) is 4.97. The summed E-state index contributed by atoms with van der Waals surface area (Å²) in [6, 6.07) is 8.10. The summed E-state index contributed by atoms with van der Waals surface area (Å²) in [7, 11) is 0. The summed E-state index contributed by atoms with van der Waals surface area (Å²) >= 11 is 0. The average molecular weight is 401 g/mol. The highest BCUT2D eigenvalue weighted by Crippen LogP contribution is 2.34. The van der Waals surface area contributed by atoms with Gasteiger partial charge in [-0.15, -0.1) is 0 Å². The number of hydrogen-bond donors (Lipinski definition) is 1. The fraction of sp³-hybridized carbons (Fsp3) is 0.636. The van der Waals surface area contributed by atoms with Crippen LogP contribution in [0, 0.1) is 0 Å². The Morgan fingerprint density at radius 1 is 1.17 bits per heavy atom. The van der Waals surface area contributed by atoms with Gasteiger partial charge in [-0.1, -0.05) is 12.1 Å². The van der Waals surface area contributed by atoms with E-state index in [4.69, 9.17) is 4.74 Å². The first-order valence-corrected chi connectivity index (χ1v) is 10.6. The highest BCUT2D eigenvalue weighted by Gasteiger charge is 2.43. The van der Waals surface area contributed by atoms with Crippen LogP contribution < -0.4 is 5.69 Å². The van der Waals surface area contributed by atoms with Crippen LogP contribution in [0.2, 0.25) is 0 Å². The van der Waals surface area contributed by atoms with Gasteiger partial charge in [-0.05, 0) is 59.1 Å². The lowest BCUT2D eigenvalue weighted by Gasteiger charge is -2.43. The predicted molar refractivity (Wildman–Crippen MR) is 113 cm³/mol. The average Bonchev–Trinajstić information content (AvgIpc) is 3.21. The van der Waals surface area contributed by atoms with Crippen LogP contribution in [0.25, 0.3) is 11.0 Å². The van der Waals surface area contributed by atoms with Gasteiger partial charge in [0.2, 0.25) is 0 Å². The lowest BCUT2D eigenvalue weighted by molar-refractivity contribution is 0.0221. The van der Waals surface area contributed by atoms with Crippen LogP contribution in [0.5, 0.6) is 0 Å². The van der Waals surface area contributed by atoms with E-state index in [1.807, 2.05) is 54.5 Å². The summed E-state index contributed by atoms with van der Waals surface area (Å²) in [6.45, 7) is 11.2. The largest absolute Gasteiger partial charge is 0.444 e. The van der Waals surface area contributed by atoms with Crippen molar-refractivity contribution in [3.63, 3.8) is 0 Å². The molecule has 0 saturated carbocycles. The molecule has 1 aromatic carbocycles. The number of H-pyrrole nitrogens is 1. The van der Waals surface area contributed by atoms with Gasteiger partial charge >= 0.3 is 11.8 Å². The molecule has 0 aliphatic carbocycles. The van der Waals surface area contributed by atoms with Gasteiger partial charge in [-0.3, -0.25) is 9.47 Å². The molecule has 2 saturated heterocycles. The van der Waals surface area contributed by atoms with Gasteiger partial charge in [0.15, 0.2) is 0 Å². The number of likely N-dealkylation sites (tertiary alicyclic amines) is 2. The number of amides is 1. The van der Waals surface area contributed by atoms with E-state index in [-0.39, 0.29) is 23.4 Å².